The van der Waals surface area contributed by atoms with Crippen LogP contribution in [0, 0.1) is 17.3 Å². The zero-order valence-corrected chi connectivity index (χ0v) is 10.1. The summed E-state index contributed by atoms with van der Waals surface area (Å²) in [4.78, 5) is 10.8. The predicted molar refractivity (Wildman–Crippen MR) is 57.6 cm³/mol. The van der Waals surface area contributed by atoms with E-state index in [4.69, 9.17) is 4.74 Å². The molecule has 2 N–H and O–H groups in total. The first-order valence-electron chi connectivity index (χ1n) is 5.82. The first-order chi connectivity index (χ1) is 7.28. The third kappa shape index (κ3) is 1.47. The lowest BCUT2D eigenvalue weighted by Crippen LogP contribution is -2.69. The van der Waals surface area contributed by atoms with E-state index in [1.807, 2.05) is 0 Å². The van der Waals surface area contributed by atoms with E-state index in [1.54, 1.807) is 0 Å². The minimum absolute atomic E-state index is 0.0214. The molecule has 3 aliphatic rings. The number of carbonyl (C=O) groups excluding carboxylic acids is 1. The average Bonchev–Trinajstić information content (AvgIpc) is 2.18. The summed E-state index contributed by atoms with van der Waals surface area (Å²) in [5.41, 5.74) is -1.22. The van der Waals surface area contributed by atoms with Gasteiger partial charge in [0.2, 0.25) is 0 Å². The van der Waals surface area contributed by atoms with Gasteiger partial charge in [-0.3, -0.25) is 4.79 Å². The van der Waals surface area contributed by atoms with Gasteiger partial charge in [-0.25, -0.2) is 0 Å². The number of hydrogen-bond donors (Lipinski definition) is 2. The van der Waals surface area contributed by atoms with Crippen LogP contribution in [0.25, 0.3) is 0 Å². The first-order valence-corrected chi connectivity index (χ1v) is 5.82. The fourth-order valence-electron chi connectivity index (χ4n) is 3.38. The van der Waals surface area contributed by atoms with Crippen LogP contribution in [0.4, 0.5) is 0 Å². The molecule has 0 amide bonds. The summed E-state index contributed by atoms with van der Waals surface area (Å²) in [7, 11) is 0. The maximum absolute atomic E-state index is 10.8. The number of fused-ring (bicyclic) bond motifs is 2. The maximum atomic E-state index is 10.8. The number of aliphatic hydroxyl groups excluding tert-OH is 1. The van der Waals surface area contributed by atoms with Gasteiger partial charge in [-0.2, -0.15) is 0 Å². The monoisotopic (exact) mass is 228 g/mol. The fraction of sp³-hybridized carbons (Fsp3) is 0.917. The molecule has 16 heavy (non-hydrogen) atoms. The zero-order chi connectivity index (χ0) is 12.1. The lowest BCUT2D eigenvalue weighted by molar-refractivity contribution is -0.267. The van der Waals surface area contributed by atoms with Crippen LogP contribution in [-0.4, -0.2) is 34.5 Å². The Bertz CT molecular complexity index is 312. The van der Waals surface area contributed by atoms with Crippen molar-refractivity contribution in [2.24, 2.45) is 17.3 Å². The van der Waals surface area contributed by atoms with Crippen molar-refractivity contribution in [2.75, 3.05) is 6.61 Å². The molecule has 0 aromatic rings. The summed E-state index contributed by atoms with van der Waals surface area (Å²) in [6.45, 7) is 5.44. The summed E-state index contributed by atoms with van der Waals surface area (Å²) in [6.07, 6.45) is 0.743. The molecule has 4 heteroatoms. The molecule has 3 aliphatic carbocycles. The van der Waals surface area contributed by atoms with E-state index in [-0.39, 0.29) is 17.9 Å². The molecule has 2 bridgehead atoms. The Labute approximate surface area is 95.6 Å². The highest BCUT2D eigenvalue weighted by Crippen LogP contribution is 2.62. The van der Waals surface area contributed by atoms with Gasteiger partial charge in [0.1, 0.15) is 12.2 Å². The molecule has 0 spiro atoms. The first kappa shape index (κ1) is 11.9. The molecule has 0 unspecified atom stereocenters. The SMILES string of the molecule is CC(=O)OC[C@@]1(O)[C@@H]2C[C@H](C[C@@H]1O)C2(C)C. The Balaban J connectivity index is 2.14. The summed E-state index contributed by atoms with van der Waals surface area (Å²) in [6, 6.07) is 0. The van der Waals surface area contributed by atoms with E-state index in [2.05, 4.69) is 13.8 Å². The topological polar surface area (TPSA) is 66.8 Å². The van der Waals surface area contributed by atoms with Crippen LogP contribution < -0.4 is 0 Å². The zero-order valence-electron chi connectivity index (χ0n) is 10.1. The summed E-state index contributed by atoms with van der Waals surface area (Å²) >= 11 is 0. The van der Waals surface area contributed by atoms with Gasteiger partial charge in [0, 0.05) is 6.92 Å². The van der Waals surface area contributed by atoms with Crippen molar-refractivity contribution in [3.05, 3.63) is 0 Å². The van der Waals surface area contributed by atoms with Gasteiger partial charge in [-0.05, 0) is 30.1 Å². The highest BCUT2D eigenvalue weighted by Gasteiger charge is 2.64. The van der Waals surface area contributed by atoms with Crippen LogP contribution in [0.15, 0.2) is 0 Å². The van der Waals surface area contributed by atoms with Gasteiger partial charge in [-0.1, -0.05) is 13.8 Å². The number of aliphatic hydroxyl groups is 2. The lowest BCUT2D eigenvalue weighted by Gasteiger charge is -2.64. The molecule has 3 fully saturated rings. The largest absolute Gasteiger partial charge is 0.463 e. The van der Waals surface area contributed by atoms with E-state index >= 15 is 0 Å². The van der Waals surface area contributed by atoms with Crippen molar-refractivity contribution in [1.29, 1.82) is 0 Å². The van der Waals surface area contributed by atoms with Crippen molar-refractivity contribution in [1.82, 2.24) is 0 Å². The molecule has 0 saturated heterocycles. The molecule has 4 atom stereocenters. The molecule has 0 aromatic heterocycles. The second-order valence-electron chi connectivity index (χ2n) is 5.83. The predicted octanol–water partition coefficient (Wildman–Crippen LogP) is 0.707. The number of hydrogen-bond acceptors (Lipinski definition) is 4. The van der Waals surface area contributed by atoms with E-state index in [0.717, 1.165) is 6.42 Å². The van der Waals surface area contributed by atoms with Crippen LogP contribution in [0.3, 0.4) is 0 Å². The summed E-state index contributed by atoms with van der Waals surface area (Å²) in [5.74, 6) is 0.0816. The fourth-order valence-corrected chi connectivity index (χ4v) is 3.38. The lowest BCUT2D eigenvalue weighted by atomic mass is 9.43. The molecule has 3 rings (SSSR count). The molecule has 3 saturated carbocycles. The van der Waals surface area contributed by atoms with Gasteiger partial charge in [0.05, 0.1) is 6.10 Å². The molecule has 0 aromatic carbocycles. The summed E-state index contributed by atoms with van der Waals surface area (Å²) in [5, 5.41) is 20.4. The Morgan fingerprint density at radius 1 is 1.44 bits per heavy atom. The van der Waals surface area contributed by atoms with Gasteiger partial charge in [-0.15, -0.1) is 0 Å². The number of ether oxygens (including phenoxy) is 1. The van der Waals surface area contributed by atoms with Crippen molar-refractivity contribution in [2.45, 2.75) is 45.3 Å². The second-order valence-corrected chi connectivity index (χ2v) is 5.83. The van der Waals surface area contributed by atoms with Crippen LogP contribution in [0.1, 0.15) is 33.6 Å². The van der Waals surface area contributed by atoms with Gasteiger partial charge in [0.15, 0.2) is 0 Å². The van der Waals surface area contributed by atoms with Crippen LogP contribution in [0.5, 0.6) is 0 Å². The molecule has 0 aliphatic heterocycles. The molecular formula is C12H20O4. The maximum Gasteiger partial charge on any atom is 0.302 e. The smallest absolute Gasteiger partial charge is 0.302 e. The highest BCUT2D eigenvalue weighted by atomic mass is 16.5. The van der Waals surface area contributed by atoms with Gasteiger partial charge in [0.25, 0.3) is 0 Å². The van der Waals surface area contributed by atoms with E-state index in [9.17, 15) is 15.0 Å². The highest BCUT2D eigenvalue weighted by molar-refractivity contribution is 5.66. The standard InChI is InChI=1S/C12H20O4/c1-7(13)16-6-12(15)9-4-8(5-10(12)14)11(9,2)3/h8-10,14-15H,4-6H2,1-3H3/t8-,9-,10+,12-/m1/s1. The minimum Gasteiger partial charge on any atom is -0.463 e. The van der Waals surface area contributed by atoms with Crippen LogP contribution in [-0.2, 0) is 9.53 Å². The van der Waals surface area contributed by atoms with Crippen molar-refractivity contribution >= 4 is 5.97 Å². The third-order valence-electron chi connectivity index (χ3n) is 4.67. The molecule has 92 valence electrons. The Morgan fingerprint density at radius 3 is 2.56 bits per heavy atom. The van der Waals surface area contributed by atoms with Gasteiger partial charge < -0.3 is 14.9 Å². The van der Waals surface area contributed by atoms with Crippen LogP contribution >= 0.6 is 0 Å². The van der Waals surface area contributed by atoms with Crippen LogP contribution in [0.2, 0.25) is 0 Å². The molecule has 0 heterocycles. The van der Waals surface area contributed by atoms with E-state index < -0.39 is 17.7 Å². The summed E-state index contributed by atoms with van der Waals surface area (Å²) < 4.78 is 4.89. The second kappa shape index (κ2) is 3.44. The Kier molecular flexibility index (Phi) is 2.55. The molecular weight excluding hydrogens is 208 g/mol. The third-order valence-corrected chi connectivity index (χ3v) is 4.67. The molecule has 0 radical (unpaired) electrons. The van der Waals surface area contributed by atoms with Crippen molar-refractivity contribution in [3.63, 3.8) is 0 Å². The Hall–Kier alpha value is -0.610. The quantitative estimate of drug-likeness (QED) is 0.683. The minimum atomic E-state index is -1.26. The average molecular weight is 228 g/mol. The van der Waals surface area contributed by atoms with E-state index in [1.165, 1.54) is 6.92 Å². The Morgan fingerprint density at radius 2 is 2.06 bits per heavy atom. The number of rotatable bonds is 2. The van der Waals surface area contributed by atoms with Crippen molar-refractivity contribution < 1.29 is 19.7 Å². The van der Waals surface area contributed by atoms with Crippen molar-refractivity contribution in [3.8, 4) is 0 Å². The number of esters is 1. The normalized spacial score (nSPS) is 44.7. The number of carbonyl (C=O) groups is 1. The van der Waals surface area contributed by atoms with Gasteiger partial charge >= 0.3 is 5.97 Å². The van der Waals surface area contributed by atoms with E-state index in [0.29, 0.717) is 12.3 Å². The molecule has 4 nitrogen and oxygen atoms in total.